The Morgan fingerprint density at radius 1 is 0.964 bits per heavy atom. The molecule has 4 rings (SSSR count). The Morgan fingerprint density at radius 2 is 1.71 bits per heavy atom. The van der Waals surface area contributed by atoms with Gasteiger partial charge in [-0.1, -0.05) is 35.3 Å². The molecule has 0 bridgehead atoms. The van der Waals surface area contributed by atoms with E-state index in [-0.39, 0.29) is 22.9 Å². The van der Waals surface area contributed by atoms with Crippen LogP contribution < -0.4 is 10.7 Å². The number of benzene rings is 3. The number of para-hydroxylation sites is 1. The Hall–Kier alpha value is -2.89. The molecule has 0 unspecified atom stereocenters. The number of amides is 1. The predicted molar refractivity (Wildman–Crippen MR) is 111 cm³/mol. The summed E-state index contributed by atoms with van der Waals surface area (Å²) in [6, 6.07) is 16.0. The summed E-state index contributed by atoms with van der Waals surface area (Å²) in [6.07, 6.45) is 0. The molecule has 140 valence electrons. The Labute approximate surface area is 169 Å². The number of nitrogens with one attached hydrogen (secondary N) is 1. The highest BCUT2D eigenvalue weighted by molar-refractivity contribution is 6.31. The maximum Gasteiger partial charge on any atom is 0.244 e. The van der Waals surface area contributed by atoms with Gasteiger partial charge >= 0.3 is 0 Å². The third-order valence-electron chi connectivity index (χ3n) is 4.44. The number of carbonyl (C=O) groups is 1. The SMILES string of the molecule is O=C(Cn1c2ccccc2c(=O)c2cc(Cl)ccc21)Nc1ccc(F)c(Cl)c1. The lowest BCUT2D eigenvalue weighted by molar-refractivity contribution is -0.116. The number of hydrogen-bond acceptors (Lipinski definition) is 2. The maximum atomic E-state index is 13.3. The summed E-state index contributed by atoms with van der Waals surface area (Å²) in [6.45, 7) is -0.0477. The third kappa shape index (κ3) is 3.35. The van der Waals surface area contributed by atoms with Crippen molar-refractivity contribution in [2.24, 2.45) is 0 Å². The largest absolute Gasteiger partial charge is 0.331 e. The van der Waals surface area contributed by atoms with Crippen LogP contribution in [0.2, 0.25) is 10.0 Å². The molecule has 0 fully saturated rings. The van der Waals surface area contributed by atoms with Gasteiger partial charge in [-0.25, -0.2) is 4.39 Å². The molecule has 1 aromatic heterocycles. The second-order valence-electron chi connectivity index (χ2n) is 6.27. The first-order valence-corrected chi connectivity index (χ1v) is 9.15. The molecular formula is C21H13Cl2FN2O2. The molecule has 0 aliphatic carbocycles. The summed E-state index contributed by atoms with van der Waals surface area (Å²) < 4.78 is 15.1. The van der Waals surface area contributed by atoms with Gasteiger partial charge in [0, 0.05) is 21.5 Å². The summed E-state index contributed by atoms with van der Waals surface area (Å²) in [5, 5.41) is 3.99. The van der Waals surface area contributed by atoms with E-state index in [0.29, 0.717) is 32.5 Å². The molecule has 7 heteroatoms. The molecule has 1 heterocycles. The molecule has 0 aliphatic rings. The number of fused-ring (bicyclic) bond motifs is 2. The number of rotatable bonds is 3. The summed E-state index contributed by atoms with van der Waals surface area (Å²) >= 11 is 11.8. The van der Waals surface area contributed by atoms with Crippen LogP contribution in [0.5, 0.6) is 0 Å². The molecule has 0 atom stereocenters. The van der Waals surface area contributed by atoms with Crippen LogP contribution in [0.3, 0.4) is 0 Å². The molecule has 0 spiro atoms. The fourth-order valence-electron chi connectivity index (χ4n) is 3.19. The standard InChI is InChI=1S/C21H13Cl2FN2O2/c22-12-5-8-19-15(9-12)21(28)14-3-1-2-4-18(14)26(19)11-20(27)25-13-6-7-17(24)16(23)10-13/h1-10H,11H2,(H,25,27). The van der Waals surface area contributed by atoms with Crippen molar-refractivity contribution in [2.45, 2.75) is 6.54 Å². The van der Waals surface area contributed by atoms with E-state index >= 15 is 0 Å². The quantitative estimate of drug-likeness (QED) is 0.466. The summed E-state index contributed by atoms with van der Waals surface area (Å²) in [4.78, 5) is 25.5. The van der Waals surface area contributed by atoms with Gasteiger partial charge < -0.3 is 9.88 Å². The van der Waals surface area contributed by atoms with E-state index in [1.54, 1.807) is 47.0 Å². The highest BCUT2D eigenvalue weighted by atomic mass is 35.5. The average molecular weight is 415 g/mol. The van der Waals surface area contributed by atoms with Crippen molar-refractivity contribution in [1.82, 2.24) is 4.57 Å². The molecule has 0 radical (unpaired) electrons. The zero-order chi connectivity index (χ0) is 19.8. The number of aromatic nitrogens is 1. The second-order valence-corrected chi connectivity index (χ2v) is 7.11. The van der Waals surface area contributed by atoms with Gasteiger partial charge in [-0.05, 0) is 48.5 Å². The Bertz CT molecular complexity index is 1300. The first-order valence-electron chi connectivity index (χ1n) is 8.40. The van der Waals surface area contributed by atoms with Crippen molar-refractivity contribution in [2.75, 3.05) is 5.32 Å². The van der Waals surface area contributed by atoms with Gasteiger partial charge in [0.05, 0.1) is 16.1 Å². The lowest BCUT2D eigenvalue weighted by atomic mass is 10.1. The number of halogens is 3. The average Bonchev–Trinajstić information content (AvgIpc) is 2.68. The van der Waals surface area contributed by atoms with Gasteiger partial charge in [0.25, 0.3) is 0 Å². The summed E-state index contributed by atoms with van der Waals surface area (Å²) in [5.41, 5.74) is 1.47. The predicted octanol–water partition coefficient (Wildman–Crippen LogP) is 5.24. The number of carbonyl (C=O) groups excluding carboxylic acids is 1. The smallest absolute Gasteiger partial charge is 0.244 e. The molecule has 1 amide bonds. The highest BCUT2D eigenvalue weighted by Gasteiger charge is 2.14. The van der Waals surface area contributed by atoms with Crippen LogP contribution in [0.4, 0.5) is 10.1 Å². The molecule has 3 aromatic carbocycles. The van der Waals surface area contributed by atoms with Gasteiger partial charge in [0.1, 0.15) is 12.4 Å². The Kier molecular flexibility index (Phi) is 4.79. The van der Waals surface area contributed by atoms with Gasteiger partial charge in [-0.3, -0.25) is 9.59 Å². The molecule has 4 nitrogen and oxygen atoms in total. The van der Waals surface area contributed by atoms with Gasteiger partial charge in [-0.15, -0.1) is 0 Å². The zero-order valence-corrected chi connectivity index (χ0v) is 15.9. The van der Waals surface area contributed by atoms with Crippen LogP contribution >= 0.6 is 23.2 Å². The lowest BCUT2D eigenvalue weighted by Crippen LogP contribution is -2.21. The van der Waals surface area contributed by atoms with Crippen LogP contribution in [0, 0.1) is 5.82 Å². The Balaban J connectivity index is 1.80. The maximum absolute atomic E-state index is 13.3. The number of hydrogen-bond donors (Lipinski definition) is 1. The van der Waals surface area contributed by atoms with Crippen molar-refractivity contribution >= 4 is 56.6 Å². The summed E-state index contributed by atoms with van der Waals surface area (Å²) in [5.74, 6) is -0.901. The van der Waals surface area contributed by atoms with Crippen LogP contribution in [-0.4, -0.2) is 10.5 Å². The van der Waals surface area contributed by atoms with Crippen LogP contribution in [-0.2, 0) is 11.3 Å². The molecule has 0 saturated carbocycles. The van der Waals surface area contributed by atoms with E-state index in [4.69, 9.17) is 23.2 Å². The fourth-order valence-corrected chi connectivity index (χ4v) is 3.54. The van der Waals surface area contributed by atoms with Gasteiger partial charge in [0.15, 0.2) is 5.43 Å². The minimum atomic E-state index is -0.561. The molecule has 4 aromatic rings. The number of nitrogens with zero attached hydrogens (tertiary/aromatic N) is 1. The normalized spacial score (nSPS) is 11.1. The molecule has 0 saturated heterocycles. The van der Waals surface area contributed by atoms with Crippen molar-refractivity contribution in [3.05, 3.63) is 86.7 Å². The number of anilines is 1. The van der Waals surface area contributed by atoms with Crippen molar-refractivity contribution in [3.63, 3.8) is 0 Å². The van der Waals surface area contributed by atoms with Crippen LogP contribution in [0.1, 0.15) is 0 Å². The topological polar surface area (TPSA) is 51.1 Å². The minimum Gasteiger partial charge on any atom is -0.331 e. The molecule has 1 N–H and O–H groups in total. The monoisotopic (exact) mass is 414 g/mol. The van der Waals surface area contributed by atoms with Gasteiger partial charge in [0.2, 0.25) is 5.91 Å². The van der Waals surface area contributed by atoms with E-state index in [1.165, 1.54) is 18.2 Å². The van der Waals surface area contributed by atoms with E-state index < -0.39 is 5.82 Å². The first kappa shape index (κ1) is 18.5. The first-order chi connectivity index (χ1) is 13.4. The molecular weight excluding hydrogens is 402 g/mol. The number of pyridine rings is 1. The van der Waals surface area contributed by atoms with Crippen molar-refractivity contribution in [1.29, 1.82) is 0 Å². The summed E-state index contributed by atoms with van der Waals surface area (Å²) in [7, 11) is 0. The van der Waals surface area contributed by atoms with Gasteiger partial charge in [-0.2, -0.15) is 0 Å². The molecule has 0 aliphatic heterocycles. The second kappa shape index (κ2) is 7.26. The van der Waals surface area contributed by atoms with E-state index in [0.717, 1.165) is 0 Å². The minimum absolute atomic E-state index is 0.0477. The third-order valence-corrected chi connectivity index (χ3v) is 4.96. The highest BCUT2D eigenvalue weighted by Crippen LogP contribution is 2.23. The zero-order valence-electron chi connectivity index (χ0n) is 14.4. The Morgan fingerprint density at radius 3 is 2.50 bits per heavy atom. The van der Waals surface area contributed by atoms with E-state index in [1.807, 2.05) is 0 Å². The van der Waals surface area contributed by atoms with Crippen LogP contribution in [0.25, 0.3) is 21.8 Å². The van der Waals surface area contributed by atoms with E-state index in [9.17, 15) is 14.0 Å². The fraction of sp³-hybridized carbons (Fsp3) is 0.0476. The van der Waals surface area contributed by atoms with Crippen LogP contribution in [0.15, 0.2) is 65.5 Å². The molecule has 28 heavy (non-hydrogen) atoms. The van der Waals surface area contributed by atoms with Crippen molar-refractivity contribution in [3.8, 4) is 0 Å². The van der Waals surface area contributed by atoms with E-state index in [2.05, 4.69) is 5.32 Å². The van der Waals surface area contributed by atoms with Crippen molar-refractivity contribution < 1.29 is 9.18 Å². The lowest BCUT2D eigenvalue weighted by Gasteiger charge is -2.15.